The molecule has 0 aliphatic carbocycles. The number of nitrogens with zero attached hydrogens (tertiary/aromatic N) is 2. The first kappa shape index (κ1) is 18.8. The van der Waals surface area contributed by atoms with Crippen LogP contribution in [0.4, 0.5) is 0 Å². The second kappa shape index (κ2) is 7.93. The Labute approximate surface area is 177 Å². The highest BCUT2D eigenvalue weighted by molar-refractivity contribution is 7.21. The van der Waals surface area contributed by atoms with Crippen LogP contribution in [0.15, 0.2) is 65.5 Å². The van der Waals surface area contributed by atoms with Crippen LogP contribution in [0.3, 0.4) is 0 Å². The van der Waals surface area contributed by atoms with Gasteiger partial charge in [0.1, 0.15) is 23.4 Å². The highest BCUT2D eigenvalue weighted by atomic mass is 32.1. The summed E-state index contributed by atoms with van der Waals surface area (Å²) in [5.41, 5.74) is 0.987. The molecule has 0 saturated heterocycles. The molecule has 0 unspecified atom stereocenters. The van der Waals surface area contributed by atoms with Crippen LogP contribution in [0, 0.1) is 0 Å². The van der Waals surface area contributed by atoms with E-state index in [1.165, 1.54) is 11.3 Å². The van der Waals surface area contributed by atoms with E-state index < -0.39 is 0 Å². The van der Waals surface area contributed by atoms with Gasteiger partial charge in [-0.3, -0.25) is 9.69 Å². The number of rotatable bonds is 5. The first-order chi connectivity index (χ1) is 14.7. The van der Waals surface area contributed by atoms with Crippen molar-refractivity contribution in [3.05, 3.63) is 76.8 Å². The number of benzene rings is 2. The van der Waals surface area contributed by atoms with Gasteiger partial charge in [0.2, 0.25) is 0 Å². The van der Waals surface area contributed by atoms with Crippen molar-refractivity contribution >= 4 is 21.6 Å². The number of hydrogen-bond acceptors (Lipinski definition) is 6. The largest absolute Gasteiger partial charge is 0.486 e. The minimum absolute atomic E-state index is 0.0771. The first-order valence-corrected chi connectivity index (χ1v) is 10.6. The third-order valence-corrected chi connectivity index (χ3v) is 6.09. The Balaban J connectivity index is 1.31. The number of thiophene rings is 1. The Hall–Kier alpha value is -3.16. The van der Waals surface area contributed by atoms with Crippen molar-refractivity contribution in [3.8, 4) is 21.9 Å². The monoisotopic (exact) mass is 419 g/mol. The van der Waals surface area contributed by atoms with Gasteiger partial charge in [-0.25, -0.2) is 4.98 Å². The van der Waals surface area contributed by atoms with Gasteiger partial charge in [0, 0.05) is 11.4 Å². The van der Waals surface area contributed by atoms with E-state index in [0.29, 0.717) is 30.9 Å². The Morgan fingerprint density at radius 3 is 2.73 bits per heavy atom. The molecule has 0 amide bonds. The first-order valence-electron chi connectivity index (χ1n) is 9.81. The van der Waals surface area contributed by atoms with Crippen LogP contribution in [0.5, 0.6) is 11.5 Å². The van der Waals surface area contributed by atoms with Crippen molar-refractivity contribution in [1.29, 1.82) is 0 Å². The van der Waals surface area contributed by atoms with E-state index in [1.807, 2.05) is 67.7 Å². The molecule has 7 heteroatoms. The molecular formula is C23H21N3O3S. The van der Waals surface area contributed by atoms with E-state index in [4.69, 9.17) is 14.5 Å². The van der Waals surface area contributed by atoms with Gasteiger partial charge in [-0.1, -0.05) is 42.5 Å². The number of para-hydroxylation sites is 2. The maximum absolute atomic E-state index is 12.6. The Morgan fingerprint density at radius 2 is 1.90 bits per heavy atom. The standard InChI is InChI=1S/C23H21N3O3S/c1-26(12-16-14-28-18-9-5-6-10-19(18)29-16)13-21-24-22(27)17-11-20(30-23(17)25-21)15-7-3-2-4-8-15/h2-11,16H,12-14H2,1H3,(H,24,25,27)/t16-/m1/s1. The number of aromatic amines is 1. The third-order valence-electron chi connectivity index (χ3n) is 5.01. The normalized spacial score (nSPS) is 15.6. The molecule has 30 heavy (non-hydrogen) atoms. The van der Waals surface area contributed by atoms with E-state index >= 15 is 0 Å². The van der Waals surface area contributed by atoms with Gasteiger partial charge in [0.25, 0.3) is 5.56 Å². The van der Waals surface area contributed by atoms with Crippen molar-refractivity contribution in [1.82, 2.24) is 14.9 Å². The van der Waals surface area contributed by atoms with E-state index in [-0.39, 0.29) is 11.7 Å². The Kier molecular flexibility index (Phi) is 4.98. The summed E-state index contributed by atoms with van der Waals surface area (Å²) in [5, 5.41) is 0.630. The molecule has 1 N–H and O–H groups in total. The van der Waals surface area contributed by atoms with Gasteiger partial charge in [0.15, 0.2) is 11.5 Å². The van der Waals surface area contributed by atoms with Gasteiger partial charge in [0.05, 0.1) is 11.9 Å². The summed E-state index contributed by atoms with van der Waals surface area (Å²) < 4.78 is 11.8. The number of ether oxygens (including phenoxy) is 2. The summed E-state index contributed by atoms with van der Waals surface area (Å²) in [6, 6.07) is 19.6. The van der Waals surface area contributed by atoms with Crippen LogP contribution in [0.2, 0.25) is 0 Å². The highest BCUT2D eigenvalue weighted by Crippen LogP contribution is 2.32. The fourth-order valence-electron chi connectivity index (χ4n) is 3.62. The summed E-state index contributed by atoms with van der Waals surface area (Å²) in [7, 11) is 1.98. The number of aromatic nitrogens is 2. The molecule has 1 aliphatic heterocycles. The fourth-order valence-corrected chi connectivity index (χ4v) is 4.67. The minimum atomic E-state index is -0.104. The molecule has 0 spiro atoms. The van der Waals surface area contributed by atoms with Gasteiger partial charge in [-0.15, -0.1) is 11.3 Å². The van der Waals surface area contributed by atoms with Crippen molar-refractivity contribution < 1.29 is 9.47 Å². The molecule has 0 radical (unpaired) electrons. The SMILES string of the molecule is CN(Cc1nc2sc(-c3ccccc3)cc2c(=O)[nH]1)C[C@@H]1COc2ccccc2O1. The molecule has 0 fully saturated rings. The lowest BCUT2D eigenvalue weighted by atomic mass is 10.2. The summed E-state index contributed by atoms with van der Waals surface area (Å²) in [5.74, 6) is 2.19. The molecule has 2 aromatic heterocycles. The van der Waals surface area contributed by atoms with Gasteiger partial charge >= 0.3 is 0 Å². The number of nitrogens with one attached hydrogen (secondary N) is 1. The second-order valence-corrected chi connectivity index (χ2v) is 8.43. The average Bonchev–Trinajstić information content (AvgIpc) is 3.19. The maximum atomic E-state index is 12.6. The molecule has 6 nitrogen and oxygen atoms in total. The summed E-state index contributed by atoms with van der Waals surface area (Å²) in [6.45, 7) is 1.68. The highest BCUT2D eigenvalue weighted by Gasteiger charge is 2.22. The van der Waals surface area contributed by atoms with Gasteiger partial charge in [-0.05, 0) is 30.8 Å². The van der Waals surface area contributed by atoms with Crippen molar-refractivity contribution in [3.63, 3.8) is 0 Å². The maximum Gasteiger partial charge on any atom is 0.259 e. The topological polar surface area (TPSA) is 67.5 Å². The quantitative estimate of drug-likeness (QED) is 0.531. The van der Waals surface area contributed by atoms with Crippen LogP contribution in [0.1, 0.15) is 5.82 Å². The predicted octanol–water partition coefficient (Wildman–Crippen LogP) is 3.92. The molecule has 5 rings (SSSR count). The molecule has 4 aromatic rings. The number of H-pyrrole nitrogens is 1. The Bertz CT molecular complexity index is 1240. The molecular weight excluding hydrogens is 398 g/mol. The Morgan fingerprint density at radius 1 is 1.13 bits per heavy atom. The molecule has 2 aromatic carbocycles. The lowest BCUT2D eigenvalue weighted by Crippen LogP contribution is -2.39. The average molecular weight is 420 g/mol. The van der Waals surface area contributed by atoms with Crippen molar-refractivity contribution in [2.45, 2.75) is 12.6 Å². The molecule has 152 valence electrons. The minimum Gasteiger partial charge on any atom is -0.486 e. The third kappa shape index (κ3) is 3.81. The fraction of sp³-hybridized carbons (Fsp3) is 0.217. The number of hydrogen-bond donors (Lipinski definition) is 1. The predicted molar refractivity (Wildman–Crippen MR) is 118 cm³/mol. The van der Waals surface area contributed by atoms with E-state index in [2.05, 4.69) is 9.88 Å². The lowest BCUT2D eigenvalue weighted by Gasteiger charge is -2.29. The molecule has 3 heterocycles. The molecule has 1 atom stereocenters. The van der Waals surface area contributed by atoms with E-state index in [1.54, 1.807) is 0 Å². The lowest BCUT2D eigenvalue weighted by molar-refractivity contribution is 0.0632. The van der Waals surface area contributed by atoms with E-state index in [0.717, 1.165) is 26.8 Å². The summed E-state index contributed by atoms with van der Waals surface area (Å²) in [6.07, 6.45) is -0.0771. The zero-order valence-electron chi connectivity index (χ0n) is 16.5. The second-order valence-electron chi connectivity index (χ2n) is 7.40. The van der Waals surface area contributed by atoms with Crippen molar-refractivity contribution in [2.24, 2.45) is 0 Å². The number of likely N-dealkylation sites (N-methyl/N-ethyl adjacent to an activating group) is 1. The zero-order valence-corrected chi connectivity index (χ0v) is 17.3. The van der Waals surface area contributed by atoms with Crippen molar-refractivity contribution in [2.75, 3.05) is 20.2 Å². The smallest absolute Gasteiger partial charge is 0.259 e. The molecule has 0 saturated carbocycles. The summed E-state index contributed by atoms with van der Waals surface area (Å²) in [4.78, 5) is 24.1. The number of fused-ring (bicyclic) bond motifs is 2. The van der Waals surface area contributed by atoms with Crippen LogP contribution in [-0.4, -0.2) is 41.2 Å². The van der Waals surface area contributed by atoms with Crippen LogP contribution in [0.25, 0.3) is 20.7 Å². The van der Waals surface area contributed by atoms with Gasteiger partial charge < -0.3 is 14.5 Å². The van der Waals surface area contributed by atoms with E-state index in [9.17, 15) is 4.79 Å². The zero-order chi connectivity index (χ0) is 20.5. The van der Waals surface area contributed by atoms with Crippen LogP contribution < -0.4 is 15.0 Å². The van der Waals surface area contributed by atoms with Gasteiger partial charge in [-0.2, -0.15) is 0 Å². The molecule has 0 bridgehead atoms. The van der Waals surface area contributed by atoms with Crippen LogP contribution in [-0.2, 0) is 6.54 Å². The van der Waals surface area contributed by atoms with Crippen LogP contribution >= 0.6 is 11.3 Å². The summed E-state index contributed by atoms with van der Waals surface area (Å²) >= 11 is 1.54. The molecule has 1 aliphatic rings.